The van der Waals surface area contributed by atoms with Crippen molar-refractivity contribution in [2.45, 2.75) is 46.1 Å². The van der Waals surface area contributed by atoms with E-state index in [4.69, 9.17) is 4.74 Å². The Morgan fingerprint density at radius 2 is 1.92 bits per heavy atom. The molecular weight excluding hydrogens is 148 g/mol. The van der Waals surface area contributed by atoms with E-state index in [0.717, 1.165) is 6.42 Å². The van der Waals surface area contributed by atoms with E-state index in [0.29, 0.717) is 5.41 Å². The summed E-state index contributed by atoms with van der Waals surface area (Å²) in [6.07, 6.45) is 4.58. The van der Waals surface area contributed by atoms with Crippen LogP contribution < -0.4 is 0 Å². The predicted octanol–water partition coefficient (Wildman–Crippen LogP) is 3.16. The number of ether oxygens (including phenoxy) is 1. The molecule has 0 amide bonds. The van der Waals surface area contributed by atoms with Crippen LogP contribution in [0.5, 0.6) is 0 Å². The third-order valence-corrected chi connectivity index (χ3v) is 2.60. The van der Waals surface area contributed by atoms with E-state index in [1.165, 1.54) is 12.0 Å². The summed E-state index contributed by atoms with van der Waals surface area (Å²) in [6, 6.07) is 0. The molecule has 1 unspecified atom stereocenters. The lowest BCUT2D eigenvalue weighted by Crippen LogP contribution is -2.35. The molecule has 1 aliphatic carbocycles. The SMILES string of the molecule is COC1(C)C=C(C)CC(C)(C)C1. The number of allylic oxidation sites excluding steroid dienone is 1. The molecule has 0 aromatic heterocycles. The first kappa shape index (κ1) is 9.79. The highest BCUT2D eigenvalue weighted by Gasteiger charge is 2.34. The Balaban J connectivity index is 2.88. The summed E-state index contributed by atoms with van der Waals surface area (Å²) in [4.78, 5) is 0. The number of hydrogen-bond acceptors (Lipinski definition) is 1. The van der Waals surface area contributed by atoms with Crippen LogP contribution in [0.25, 0.3) is 0 Å². The summed E-state index contributed by atoms with van der Waals surface area (Å²) in [5.41, 5.74) is 1.81. The van der Waals surface area contributed by atoms with Crippen molar-refractivity contribution in [2.75, 3.05) is 7.11 Å². The average Bonchev–Trinajstić information content (AvgIpc) is 1.82. The first-order chi connectivity index (χ1) is 5.37. The van der Waals surface area contributed by atoms with E-state index in [1.807, 2.05) is 0 Å². The zero-order valence-electron chi connectivity index (χ0n) is 8.90. The minimum Gasteiger partial charge on any atom is -0.374 e. The first-order valence-corrected chi connectivity index (χ1v) is 4.60. The third kappa shape index (κ3) is 2.10. The normalized spacial score (nSPS) is 34.6. The van der Waals surface area contributed by atoms with Gasteiger partial charge in [0.1, 0.15) is 0 Å². The quantitative estimate of drug-likeness (QED) is 0.546. The molecule has 0 bridgehead atoms. The maximum Gasteiger partial charge on any atom is 0.0838 e. The minimum atomic E-state index is -0.0359. The van der Waals surface area contributed by atoms with Gasteiger partial charge in [0.2, 0.25) is 0 Å². The Labute approximate surface area is 75.8 Å². The van der Waals surface area contributed by atoms with Crippen molar-refractivity contribution in [1.82, 2.24) is 0 Å². The molecule has 1 aliphatic rings. The van der Waals surface area contributed by atoms with Crippen LogP contribution in [0.15, 0.2) is 11.6 Å². The van der Waals surface area contributed by atoms with Gasteiger partial charge in [0.25, 0.3) is 0 Å². The molecule has 0 saturated heterocycles. The van der Waals surface area contributed by atoms with Gasteiger partial charge in [-0.2, -0.15) is 0 Å². The second-order valence-electron chi connectivity index (χ2n) is 5.03. The molecule has 0 saturated carbocycles. The lowest BCUT2D eigenvalue weighted by molar-refractivity contribution is 0.00272. The van der Waals surface area contributed by atoms with Gasteiger partial charge in [-0.1, -0.05) is 25.5 Å². The molecule has 0 aromatic carbocycles. The zero-order valence-corrected chi connectivity index (χ0v) is 8.90. The maximum atomic E-state index is 5.51. The molecule has 12 heavy (non-hydrogen) atoms. The standard InChI is InChI=1S/C11H20O/c1-9-6-10(2,3)8-11(4,7-9)12-5/h7H,6,8H2,1-5H3. The van der Waals surface area contributed by atoms with Crippen LogP contribution in [0.2, 0.25) is 0 Å². The number of rotatable bonds is 1. The molecule has 0 N–H and O–H groups in total. The molecule has 0 spiro atoms. The van der Waals surface area contributed by atoms with E-state index < -0.39 is 0 Å². The van der Waals surface area contributed by atoms with Crippen molar-refractivity contribution >= 4 is 0 Å². The van der Waals surface area contributed by atoms with Crippen LogP contribution >= 0.6 is 0 Å². The van der Waals surface area contributed by atoms with Gasteiger partial charge in [-0.25, -0.2) is 0 Å². The van der Waals surface area contributed by atoms with E-state index in [-0.39, 0.29) is 5.60 Å². The Bertz CT molecular complexity index is 203. The highest BCUT2D eigenvalue weighted by Crippen LogP contribution is 2.41. The molecule has 70 valence electrons. The number of hydrogen-bond donors (Lipinski definition) is 0. The summed E-state index contributed by atoms with van der Waals surface area (Å²) >= 11 is 0. The summed E-state index contributed by atoms with van der Waals surface area (Å²) in [5, 5.41) is 0. The molecule has 1 atom stereocenters. The van der Waals surface area contributed by atoms with E-state index in [1.54, 1.807) is 7.11 Å². The Morgan fingerprint density at radius 1 is 1.33 bits per heavy atom. The van der Waals surface area contributed by atoms with Gasteiger partial charge in [-0.05, 0) is 32.1 Å². The summed E-state index contributed by atoms with van der Waals surface area (Å²) in [6.45, 7) is 8.97. The molecule has 0 aliphatic heterocycles. The maximum absolute atomic E-state index is 5.51. The van der Waals surface area contributed by atoms with Crippen molar-refractivity contribution < 1.29 is 4.74 Å². The van der Waals surface area contributed by atoms with Crippen LogP contribution in [0.1, 0.15) is 40.5 Å². The smallest absolute Gasteiger partial charge is 0.0838 e. The first-order valence-electron chi connectivity index (χ1n) is 4.60. The van der Waals surface area contributed by atoms with Crippen LogP contribution in [-0.2, 0) is 4.74 Å². The summed E-state index contributed by atoms with van der Waals surface area (Å²) in [5.74, 6) is 0. The topological polar surface area (TPSA) is 9.23 Å². The third-order valence-electron chi connectivity index (χ3n) is 2.60. The number of methoxy groups -OCH3 is 1. The van der Waals surface area contributed by atoms with Crippen molar-refractivity contribution in [1.29, 1.82) is 0 Å². The van der Waals surface area contributed by atoms with Crippen LogP contribution in [0, 0.1) is 5.41 Å². The Kier molecular flexibility index (Phi) is 2.35. The van der Waals surface area contributed by atoms with Crippen molar-refractivity contribution in [3.8, 4) is 0 Å². The van der Waals surface area contributed by atoms with Crippen LogP contribution in [0.3, 0.4) is 0 Å². The minimum absolute atomic E-state index is 0.0359. The second kappa shape index (κ2) is 2.88. The average molecular weight is 168 g/mol. The van der Waals surface area contributed by atoms with E-state index in [9.17, 15) is 0 Å². The lowest BCUT2D eigenvalue weighted by Gasteiger charge is -2.39. The lowest BCUT2D eigenvalue weighted by atomic mass is 9.71. The van der Waals surface area contributed by atoms with E-state index >= 15 is 0 Å². The summed E-state index contributed by atoms with van der Waals surface area (Å²) in [7, 11) is 1.80. The monoisotopic (exact) mass is 168 g/mol. The fourth-order valence-electron chi connectivity index (χ4n) is 2.52. The molecule has 0 radical (unpaired) electrons. The fourth-order valence-corrected chi connectivity index (χ4v) is 2.52. The van der Waals surface area contributed by atoms with Gasteiger partial charge >= 0.3 is 0 Å². The van der Waals surface area contributed by atoms with Gasteiger partial charge in [0.05, 0.1) is 5.60 Å². The van der Waals surface area contributed by atoms with Gasteiger partial charge < -0.3 is 4.74 Å². The highest BCUT2D eigenvalue weighted by molar-refractivity contribution is 5.16. The van der Waals surface area contributed by atoms with Crippen molar-refractivity contribution in [3.05, 3.63) is 11.6 Å². The Morgan fingerprint density at radius 3 is 2.33 bits per heavy atom. The fraction of sp³-hybridized carbons (Fsp3) is 0.818. The zero-order chi connectivity index (χ0) is 9.41. The van der Waals surface area contributed by atoms with Gasteiger partial charge in [0.15, 0.2) is 0 Å². The van der Waals surface area contributed by atoms with Gasteiger partial charge in [-0.15, -0.1) is 0 Å². The van der Waals surface area contributed by atoms with Gasteiger partial charge in [-0.3, -0.25) is 0 Å². The molecule has 1 rings (SSSR count). The second-order valence-corrected chi connectivity index (χ2v) is 5.03. The molecule has 1 heteroatoms. The molecular formula is C11H20O. The highest BCUT2D eigenvalue weighted by atomic mass is 16.5. The van der Waals surface area contributed by atoms with Crippen molar-refractivity contribution in [2.24, 2.45) is 5.41 Å². The molecule has 0 aromatic rings. The van der Waals surface area contributed by atoms with Crippen LogP contribution in [-0.4, -0.2) is 12.7 Å². The van der Waals surface area contributed by atoms with Gasteiger partial charge in [0, 0.05) is 7.11 Å². The largest absolute Gasteiger partial charge is 0.374 e. The predicted molar refractivity (Wildman–Crippen MR) is 52.2 cm³/mol. The van der Waals surface area contributed by atoms with E-state index in [2.05, 4.69) is 33.8 Å². The molecule has 0 heterocycles. The van der Waals surface area contributed by atoms with Crippen LogP contribution in [0.4, 0.5) is 0 Å². The van der Waals surface area contributed by atoms with Crippen molar-refractivity contribution in [3.63, 3.8) is 0 Å². The Hall–Kier alpha value is -0.300. The molecule has 0 fully saturated rings. The molecule has 1 nitrogen and oxygen atoms in total. The summed E-state index contributed by atoms with van der Waals surface area (Å²) < 4.78 is 5.51.